The Labute approximate surface area is 273 Å². The minimum Gasteiger partial charge on any atom is -0.494 e. The summed E-state index contributed by atoms with van der Waals surface area (Å²) in [6, 6.07) is 20.5. The molecule has 5 rings (SSSR count). The molecule has 9 heteroatoms. The molecule has 248 valence electrons. The van der Waals surface area contributed by atoms with Crippen LogP contribution in [0.3, 0.4) is 0 Å². The smallest absolute Gasteiger partial charge is 0.227 e. The molecule has 1 N–H and O–H groups in total. The summed E-state index contributed by atoms with van der Waals surface area (Å²) in [6.07, 6.45) is 4.94. The molecule has 3 aromatic rings. The van der Waals surface area contributed by atoms with Crippen LogP contribution in [0, 0.1) is 0 Å². The summed E-state index contributed by atoms with van der Waals surface area (Å²) in [5.41, 5.74) is 4.60. The van der Waals surface area contributed by atoms with Crippen molar-refractivity contribution >= 4 is 11.6 Å². The first-order valence-electron chi connectivity index (χ1n) is 16.4. The van der Waals surface area contributed by atoms with Gasteiger partial charge in [0.15, 0.2) is 11.5 Å². The van der Waals surface area contributed by atoms with E-state index in [1.807, 2.05) is 23.1 Å². The Morgan fingerprint density at radius 2 is 1.61 bits per heavy atom. The Morgan fingerprint density at radius 3 is 2.35 bits per heavy atom. The molecule has 9 nitrogen and oxygen atoms in total. The highest BCUT2D eigenvalue weighted by Gasteiger charge is 2.28. The lowest BCUT2D eigenvalue weighted by atomic mass is 9.87. The number of rotatable bonds is 17. The molecule has 3 aromatic carbocycles. The van der Waals surface area contributed by atoms with E-state index in [0.29, 0.717) is 62.6 Å². The molecule has 1 saturated heterocycles. The minimum absolute atomic E-state index is 0.0536. The monoisotopic (exact) mass is 632 g/mol. The average molecular weight is 633 g/mol. The van der Waals surface area contributed by atoms with Crippen LogP contribution >= 0.6 is 0 Å². The van der Waals surface area contributed by atoms with E-state index in [-0.39, 0.29) is 12.0 Å². The summed E-state index contributed by atoms with van der Waals surface area (Å²) in [4.78, 5) is 14.6. The Balaban J connectivity index is 1.10. The van der Waals surface area contributed by atoms with Crippen LogP contribution in [0.4, 0.5) is 5.69 Å². The molecule has 0 radical (unpaired) electrons. The Hall–Kier alpha value is -3.79. The van der Waals surface area contributed by atoms with E-state index < -0.39 is 0 Å². The molecule has 1 fully saturated rings. The summed E-state index contributed by atoms with van der Waals surface area (Å²) in [6.45, 7) is 4.74. The van der Waals surface area contributed by atoms with Gasteiger partial charge >= 0.3 is 0 Å². The van der Waals surface area contributed by atoms with Crippen LogP contribution in [0.2, 0.25) is 0 Å². The maximum absolute atomic E-state index is 12.7. The van der Waals surface area contributed by atoms with Crippen LogP contribution in [0.15, 0.2) is 60.7 Å². The third-order valence-electron chi connectivity index (χ3n) is 8.72. The average Bonchev–Trinajstić information content (AvgIpc) is 3.10. The maximum Gasteiger partial charge on any atom is 0.227 e. The summed E-state index contributed by atoms with van der Waals surface area (Å²) < 4.78 is 34.5. The number of hydrogen-bond acceptors (Lipinski definition) is 8. The van der Waals surface area contributed by atoms with Gasteiger partial charge in [-0.3, -0.25) is 4.79 Å². The number of amides is 1. The SMILES string of the molecule is COCCCN1C(=O)CCc2ccc(CO[C@H]3CNCC[C@@H]3c3ccc(OCCCCOc4c(OC)cccc4OC)cc3)cc21. The first kappa shape index (κ1) is 33.6. The quantitative estimate of drug-likeness (QED) is 0.184. The van der Waals surface area contributed by atoms with E-state index in [0.717, 1.165) is 62.2 Å². The number of unbranched alkanes of at least 4 members (excludes halogenated alkanes) is 1. The number of methoxy groups -OCH3 is 3. The van der Waals surface area contributed by atoms with E-state index in [2.05, 4.69) is 47.8 Å². The number of piperidine rings is 1. The van der Waals surface area contributed by atoms with Crippen molar-refractivity contribution in [2.24, 2.45) is 0 Å². The summed E-state index contributed by atoms with van der Waals surface area (Å²) in [7, 11) is 4.94. The van der Waals surface area contributed by atoms with Crippen molar-refractivity contribution < 1.29 is 33.2 Å². The lowest BCUT2D eigenvalue weighted by Crippen LogP contribution is -2.41. The Morgan fingerprint density at radius 1 is 0.848 bits per heavy atom. The lowest BCUT2D eigenvalue weighted by molar-refractivity contribution is -0.118. The largest absolute Gasteiger partial charge is 0.494 e. The number of ether oxygens (including phenoxy) is 6. The summed E-state index contributed by atoms with van der Waals surface area (Å²) in [5.74, 6) is 3.29. The van der Waals surface area contributed by atoms with Gasteiger partial charge in [0.05, 0.1) is 40.1 Å². The second-order valence-corrected chi connectivity index (χ2v) is 11.8. The molecule has 0 aliphatic carbocycles. The van der Waals surface area contributed by atoms with Gasteiger partial charge in [0.2, 0.25) is 11.7 Å². The Bertz CT molecular complexity index is 1370. The highest BCUT2D eigenvalue weighted by atomic mass is 16.5. The number of nitrogens with one attached hydrogen (secondary N) is 1. The molecule has 1 amide bonds. The molecular formula is C37H48N2O7. The van der Waals surface area contributed by atoms with Crippen molar-refractivity contribution in [3.05, 3.63) is 77.4 Å². The zero-order valence-electron chi connectivity index (χ0n) is 27.4. The van der Waals surface area contributed by atoms with Crippen LogP contribution in [0.1, 0.15) is 54.7 Å². The van der Waals surface area contributed by atoms with Crippen LogP contribution < -0.4 is 29.2 Å². The van der Waals surface area contributed by atoms with Gasteiger partial charge in [-0.1, -0.05) is 30.3 Å². The predicted octanol–water partition coefficient (Wildman–Crippen LogP) is 5.92. The summed E-state index contributed by atoms with van der Waals surface area (Å²) in [5, 5.41) is 3.50. The number of hydrogen-bond donors (Lipinski definition) is 1. The Kier molecular flexibility index (Phi) is 12.6. The lowest BCUT2D eigenvalue weighted by Gasteiger charge is -2.33. The fourth-order valence-corrected chi connectivity index (χ4v) is 6.21. The van der Waals surface area contributed by atoms with Gasteiger partial charge in [-0.25, -0.2) is 0 Å². The number of aryl methyl sites for hydroxylation is 1. The zero-order chi connectivity index (χ0) is 32.1. The molecule has 46 heavy (non-hydrogen) atoms. The highest BCUT2D eigenvalue weighted by Crippen LogP contribution is 2.37. The van der Waals surface area contributed by atoms with E-state index in [1.165, 1.54) is 11.1 Å². The van der Waals surface area contributed by atoms with Gasteiger partial charge in [-0.2, -0.15) is 0 Å². The van der Waals surface area contributed by atoms with Crippen molar-refractivity contribution in [3.63, 3.8) is 0 Å². The van der Waals surface area contributed by atoms with Crippen molar-refractivity contribution in [2.45, 2.75) is 57.2 Å². The van der Waals surface area contributed by atoms with Crippen LogP contribution in [0.25, 0.3) is 0 Å². The molecule has 2 heterocycles. The van der Waals surface area contributed by atoms with Crippen molar-refractivity contribution in [3.8, 4) is 23.0 Å². The topological polar surface area (TPSA) is 87.7 Å². The molecule has 0 saturated carbocycles. The second-order valence-electron chi connectivity index (χ2n) is 11.8. The van der Waals surface area contributed by atoms with Crippen LogP contribution in [-0.2, 0) is 27.3 Å². The van der Waals surface area contributed by atoms with Crippen molar-refractivity contribution in [1.29, 1.82) is 0 Å². The maximum atomic E-state index is 12.7. The molecule has 2 atom stereocenters. The zero-order valence-corrected chi connectivity index (χ0v) is 27.4. The molecule has 0 spiro atoms. The van der Waals surface area contributed by atoms with Crippen LogP contribution in [-0.4, -0.2) is 72.8 Å². The van der Waals surface area contributed by atoms with Crippen molar-refractivity contribution in [2.75, 3.05) is 65.7 Å². The standard InChI is InChI=1S/C37H48N2O7/c1-41-21-7-20-39-32-24-27(10-11-29(32)14-17-36(39)40)26-46-35-25-38-19-18-31(35)28-12-15-30(16-13-28)44-22-4-5-23-45-37-33(42-2)8-6-9-34(37)43-3/h6,8-13,15-16,24,31,35,38H,4-5,7,14,17-23,25-26H2,1-3H3/t31-,35+/m1/s1. The molecule has 2 aliphatic heterocycles. The number of carbonyl (C=O) groups is 1. The van der Waals surface area contributed by atoms with Crippen molar-refractivity contribution in [1.82, 2.24) is 5.32 Å². The van der Waals surface area contributed by atoms with Gasteiger partial charge in [0.25, 0.3) is 0 Å². The van der Waals surface area contributed by atoms with Gasteiger partial charge in [0.1, 0.15) is 5.75 Å². The number of nitrogens with zero attached hydrogens (tertiary/aromatic N) is 1. The number of carbonyl (C=O) groups excluding carboxylic acids is 1. The fourth-order valence-electron chi connectivity index (χ4n) is 6.21. The number of benzene rings is 3. The first-order chi connectivity index (χ1) is 22.6. The molecule has 0 unspecified atom stereocenters. The van der Waals surface area contributed by atoms with E-state index in [9.17, 15) is 4.79 Å². The van der Waals surface area contributed by atoms with Crippen LogP contribution in [0.5, 0.6) is 23.0 Å². The normalized spacial score (nSPS) is 17.8. The first-order valence-corrected chi connectivity index (χ1v) is 16.4. The van der Waals surface area contributed by atoms with E-state index >= 15 is 0 Å². The molecule has 0 bridgehead atoms. The molecule has 2 aliphatic rings. The third-order valence-corrected chi connectivity index (χ3v) is 8.72. The van der Waals surface area contributed by atoms with E-state index in [4.69, 9.17) is 28.4 Å². The predicted molar refractivity (Wildman–Crippen MR) is 179 cm³/mol. The number of anilines is 1. The van der Waals surface area contributed by atoms with Gasteiger partial charge in [0, 0.05) is 44.8 Å². The number of para-hydroxylation sites is 1. The van der Waals surface area contributed by atoms with Gasteiger partial charge in [-0.15, -0.1) is 0 Å². The second kappa shape index (κ2) is 17.2. The minimum atomic E-state index is 0.0536. The fraction of sp³-hybridized carbons (Fsp3) is 0.486. The summed E-state index contributed by atoms with van der Waals surface area (Å²) >= 11 is 0. The highest BCUT2D eigenvalue weighted by molar-refractivity contribution is 5.96. The van der Waals surface area contributed by atoms with E-state index in [1.54, 1.807) is 21.3 Å². The number of fused-ring (bicyclic) bond motifs is 1. The molecule has 0 aromatic heterocycles. The molecular weight excluding hydrogens is 584 g/mol. The van der Waals surface area contributed by atoms with Gasteiger partial charge in [-0.05, 0) is 85.7 Å². The van der Waals surface area contributed by atoms with Gasteiger partial charge < -0.3 is 38.6 Å². The third kappa shape index (κ3) is 8.72.